The fraction of sp³-hybridized carbons (Fsp3) is 1.00. The molecule has 0 radical (unpaired) electrons. The van der Waals surface area contributed by atoms with E-state index >= 15 is 0 Å². The molecule has 0 aliphatic heterocycles. The maximum atomic E-state index is 9.56. The van der Waals surface area contributed by atoms with Crippen LogP contribution in [0.5, 0.6) is 0 Å². The SMILES string of the molecule is CC[O-].CC[O-].CC[O-].CC[O-].CC[O-].CC[O-].CC[O-].CC[O-].CC[O-].CC[O-].CC[O-].CC[O-].CC[O-].CC[O-].CC[O-].CC[O-].NCCP([O-])[O-].NCCP([O-])[O-].[O-2].[O-2].[Ti+4].[Ti+4].[Ti+4].[Ti+4].[Ti+4].[Ti+4]. The van der Waals surface area contributed by atoms with E-state index in [1.807, 2.05) is 0 Å². The molecule has 68 heavy (non-hydrogen) atoms. The number of nitrogens with two attached hydrogens (primary N) is 2. The van der Waals surface area contributed by atoms with E-state index in [1.54, 1.807) is 111 Å². The standard InChI is InChI=1S/2C2H6NO2P.16C2H5O.2O.6Ti/c2*3-1-2-6(4)5;16*1-2-3;;;;;;;;/h2*1-3H2;16*2H2,1H3;;;;;;;;/q2*-2;16*-1;2*-2;6*+4. The van der Waals surface area contributed by atoms with E-state index in [0.717, 1.165) is 0 Å². The minimum atomic E-state index is -2.23. The first-order chi connectivity index (χ1) is 28.2. The van der Waals surface area contributed by atoms with E-state index in [4.69, 9.17) is 93.2 Å². The smallest absolute Gasteiger partial charge is 2.00 e. The van der Waals surface area contributed by atoms with Gasteiger partial charge in [-0.05, 0) is 25.4 Å². The molecular weight excluding hydrogens is 1160 g/mol. The van der Waals surface area contributed by atoms with Crippen LogP contribution in [0.25, 0.3) is 0 Å². The molecule has 0 aliphatic rings. The van der Waals surface area contributed by atoms with Gasteiger partial charge in [-0.2, -0.15) is 0 Å². The Morgan fingerprint density at radius 1 is 0.221 bits per heavy atom. The van der Waals surface area contributed by atoms with Crippen molar-refractivity contribution in [1.82, 2.24) is 0 Å². The van der Waals surface area contributed by atoms with E-state index < -0.39 is 16.8 Å². The van der Waals surface area contributed by atoms with Gasteiger partial charge >= 0.3 is 130 Å². The second-order valence-electron chi connectivity index (χ2n) is 6.31. The van der Waals surface area contributed by atoms with Crippen LogP contribution in [0.4, 0.5) is 0 Å². The molecule has 412 valence electrons. The Kier molecular flexibility index (Phi) is 971. The average Bonchev–Trinajstić information content (AvgIpc) is 3.11. The first kappa shape index (κ1) is 171. The summed E-state index contributed by atoms with van der Waals surface area (Å²) in [6.45, 7) is 25.6. The molecule has 0 heterocycles. The normalized spacial score (nSPS) is 6.00. The molecule has 0 aromatic rings. The Labute approximate surface area is 508 Å². The number of hydrogen-bond acceptors (Lipinski definition) is 22. The summed E-state index contributed by atoms with van der Waals surface area (Å²) in [6, 6.07) is 0. The summed E-state index contributed by atoms with van der Waals surface area (Å²) in [5.74, 6) is 0. The molecule has 0 aromatic heterocycles. The zero-order chi connectivity index (χ0) is 53.3. The van der Waals surface area contributed by atoms with Crippen LogP contribution in [0.2, 0.25) is 0 Å². The van der Waals surface area contributed by atoms with Crippen molar-refractivity contribution < 1.29 is 243 Å². The Bertz CT molecular complexity index is 277. The summed E-state index contributed by atoms with van der Waals surface area (Å²) >= 11 is 0. The van der Waals surface area contributed by atoms with Crippen LogP contribution >= 0.6 is 16.8 Å². The zero-order valence-electron chi connectivity index (χ0n) is 44.2. The average molecular weight is 1250 g/mol. The summed E-state index contributed by atoms with van der Waals surface area (Å²) in [7, 11) is -4.45. The first-order valence-electron chi connectivity index (χ1n) is 19.1. The summed E-state index contributed by atoms with van der Waals surface area (Å²) in [5, 5.41) is 143. The van der Waals surface area contributed by atoms with Crippen molar-refractivity contribution >= 4 is 16.8 Å². The van der Waals surface area contributed by atoms with Crippen molar-refractivity contribution in [3.63, 3.8) is 0 Å². The Hall–Kier alpha value is 4.19. The predicted octanol–water partition coefficient (Wildman–Crippen LogP) is -14.4. The van der Waals surface area contributed by atoms with Crippen LogP contribution in [-0.2, 0) is 141 Å². The Morgan fingerprint density at radius 3 is 0.265 bits per heavy atom. The van der Waals surface area contributed by atoms with Gasteiger partial charge in [0.15, 0.2) is 0 Å². The second-order valence-corrected chi connectivity index (χ2v) is 8.53. The van der Waals surface area contributed by atoms with Crippen LogP contribution in [0.15, 0.2) is 0 Å². The van der Waals surface area contributed by atoms with Crippen molar-refractivity contribution in [2.75, 3.05) is 131 Å². The van der Waals surface area contributed by atoms with Gasteiger partial charge in [0.2, 0.25) is 0 Å². The quantitative estimate of drug-likeness (QED) is 0.195. The third-order valence-electron chi connectivity index (χ3n) is 0.623. The van der Waals surface area contributed by atoms with Crippen LogP contribution < -0.4 is 113 Å². The molecule has 0 aliphatic carbocycles. The third kappa shape index (κ3) is 3240. The van der Waals surface area contributed by atoms with Crippen LogP contribution in [0.3, 0.4) is 0 Å². The summed E-state index contributed by atoms with van der Waals surface area (Å²) < 4.78 is 0. The van der Waals surface area contributed by atoms with Gasteiger partial charge in [0.1, 0.15) is 0 Å². The molecule has 4 N–H and O–H groups in total. The number of hydrogen-bond donors (Lipinski definition) is 2. The van der Waals surface area contributed by atoms with Crippen molar-refractivity contribution in [1.29, 1.82) is 0 Å². The summed E-state index contributed by atoms with van der Waals surface area (Å²) in [4.78, 5) is 38.2. The topological polar surface area (TPSA) is 570 Å². The van der Waals surface area contributed by atoms with Gasteiger partial charge < -0.3 is 140 Å². The molecule has 0 saturated heterocycles. The van der Waals surface area contributed by atoms with E-state index in [0.29, 0.717) is 0 Å². The third-order valence-corrected chi connectivity index (χ3v) is 1.87. The predicted molar refractivity (Wildman–Crippen MR) is 212 cm³/mol. The molecule has 0 saturated carbocycles. The maximum absolute atomic E-state index is 9.56. The molecule has 32 heteroatoms. The fourth-order valence-electron chi connectivity index (χ4n) is 0.211. The summed E-state index contributed by atoms with van der Waals surface area (Å²) in [6.07, 6.45) is 0.213. The van der Waals surface area contributed by atoms with Crippen molar-refractivity contribution in [2.45, 2.75) is 111 Å². The maximum Gasteiger partial charge on any atom is 4.00 e. The largest absolute Gasteiger partial charge is 4.00 e. The Morgan fingerprint density at radius 2 is 0.265 bits per heavy atom. The van der Waals surface area contributed by atoms with Gasteiger partial charge in [-0.1, -0.05) is 111 Å². The monoisotopic (exact) mass is 1250 g/mol. The molecule has 0 aromatic carbocycles. The molecule has 0 unspecified atom stereocenters. The van der Waals surface area contributed by atoms with E-state index in [2.05, 4.69) is 0 Å². The first-order valence-corrected chi connectivity index (χ1v) is 21.8. The molecule has 24 nitrogen and oxygen atoms in total. The van der Waals surface area contributed by atoms with Crippen LogP contribution in [-0.4, -0.2) is 131 Å². The van der Waals surface area contributed by atoms with Gasteiger partial charge in [0.25, 0.3) is 0 Å². The van der Waals surface area contributed by atoms with Gasteiger partial charge in [0, 0.05) is 0 Å². The molecule has 0 fully saturated rings. The molecule has 0 atom stereocenters. The minimum Gasteiger partial charge on any atom is -2.00 e. The van der Waals surface area contributed by atoms with E-state index in [1.165, 1.54) is 0 Å². The molecule has 0 bridgehead atoms. The van der Waals surface area contributed by atoms with Crippen LogP contribution in [0.1, 0.15) is 111 Å². The van der Waals surface area contributed by atoms with Gasteiger partial charge in [-0.25, -0.2) is 0 Å². The molecule has 0 spiro atoms. The Balaban J connectivity index is -0.0000000114. The fourth-order valence-corrected chi connectivity index (χ4v) is 0.632. The van der Waals surface area contributed by atoms with Gasteiger partial charge in [0.05, 0.1) is 0 Å². The van der Waals surface area contributed by atoms with Gasteiger partial charge in [-0.3, -0.25) is 0 Å². The number of rotatable bonds is 4. The van der Waals surface area contributed by atoms with Crippen molar-refractivity contribution in [3.8, 4) is 0 Å². The molecule has 0 rings (SSSR count). The minimum absolute atomic E-state index is 0. The van der Waals surface area contributed by atoms with Crippen molar-refractivity contribution in [3.05, 3.63) is 0 Å². The zero-order valence-corrected chi connectivity index (χ0v) is 55.3. The van der Waals surface area contributed by atoms with Gasteiger partial charge in [-0.15, -0.1) is 106 Å². The van der Waals surface area contributed by atoms with Crippen LogP contribution in [0, 0.1) is 0 Å². The molecule has 0 amide bonds. The summed E-state index contributed by atoms with van der Waals surface area (Å²) in [5.41, 5.74) is 9.69. The van der Waals surface area contributed by atoms with E-state index in [9.17, 15) is 19.6 Å². The van der Waals surface area contributed by atoms with E-state index in [-0.39, 0.29) is 272 Å². The molecular formula is C36H92N2O22P2Ti6. The second kappa shape index (κ2) is 385. The van der Waals surface area contributed by atoms with Crippen molar-refractivity contribution in [2.24, 2.45) is 11.5 Å².